The van der Waals surface area contributed by atoms with E-state index in [1.165, 1.54) is 0 Å². The Balaban J connectivity index is 3.00. The van der Waals surface area contributed by atoms with Crippen molar-refractivity contribution in [1.82, 2.24) is 0 Å². The molecule has 0 heterocycles. The van der Waals surface area contributed by atoms with E-state index in [4.69, 9.17) is 14.7 Å². The van der Waals surface area contributed by atoms with Crippen LogP contribution in [0, 0.1) is 10.2 Å². The van der Waals surface area contributed by atoms with Crippen molar-refractivity contribution in [2.75, 3.05) is 14.2 Å². The van der Waals surface area contributed by atoms with Gasteiger partial charge in [-0.25, -0.2) is 0 Å². The number of nitrogens with zero attached hydrogens (tertiary/aromatic N) is 1. The average molecular weight is 242 g/mol. The summed E-state index contributed by atoms with van der Waals surface area (Å²) in [4.78, 5) is 2.14. The van der Waals surface area contributed by atoms with Crippen molar-refractivity contribution in [1.29, 1.82) is 5.26 Å². The predicted molar refractivity (Wildman–Crippen MR) is 50.5 cm³/mol. The van der Waals surface area contributed by atoms with Crippen LogP contribution in [0.4, 0.5) is 0 Å². The summed E-state index contributed by atoms with van der Waals surface area (Å²) in [6, 6.07) is 5.53. The monoisotopic (exact) mass is 243 g/mol. The van der Waals surface area contributed by atoms with Gasteiger partial charge in [-0.15, -0.1) is 0 Å². The molecule has 4 heteroatoms. The van der Waals surface area contributed by atoms with E-state index in [9.17, 15) is 0 Å². The molecule has 0 aliphatic heterocycles. The van der Waals surface area contributed by atoms with Gasteiger partial charge in [0.25, 0.3) is 0 Å². The maximum atomic E-state index is 8.52. The van der Waals surface area contributed by atoms with Gasteiger partial charge >= 0.3 is 83.0 Å². The van der Waals surface area contributed by atoms with Crippen molar-refractivity contribution >= 4 is 19.4 Å². The topological polar surface area (TPSA) is 42.2 Å². The van der Waals surface area contributed by atoms with Crippen LogP contribution in [-0.4, -0.2) is 29.2 Å². The van der Waals surface area contributed by atoms with E-state index >= 15 is 0 Å². The standard InChI is InChI=1S/C9H9NO2Se/c1-11-8-4-3-7(13-6-10)5-9(8)12-2/h3-5H,1-2H3. The first kappa shape index (κ1) is 9.91. The second kappa shape index (κ2) is 4.76. The number of hydrogen-bond acceptors (Lipinski definition) is 3. The summed E-state index contributed by atoms with van der Waals surface area (Å²) >= 11 is -0.139. The fourth-order valence-corrected chi connectivity index (χ4v) is 1.79. The van der Waals surface area contributed by atoms with Crippen molar-refractivity contribution in [2.24, 2.45) is 0 Å². The molecule has 1 rings (SSSR count). The van der Waals surface area contributed by atoms with Crippen molar-refractivity contribution in [3.8, 4) is 16.5 Å². The molecule has 0 amide bonds. The SMILES string of the molecule is COc1ccc([Se]C#N)cc1OC. The normalized spacial score (nSPS) is 9.00. The van der Waals surface area contributed by atoms with Crippen LogP contribution in [0.1, 0.15) is 0 Å². The third-order valence-electron chi connectivity index (χ3n) is 1.52. The molecule has 0 atom stereocenters. The van der Waals surface area contributed by atoms with E-state index in [1.807, 2.05) is 18.2 Å². The van der Waals surface area contributed by atoms with Crippen LogP contribution in [0.25, 0.3) is 0 Å². The first-order chi connectivity index (χ1) is 6.31. The number of rotatable bonds is 3. The molecular formula is C9H9NO2Se. The molecule has 0 unspecified atom stereocenters. The minimum atomic E-state index is -0.139. The average Bonchev–Trinajstić information content (AvgIpc) is 2.18. The quantitative estimate of drug-likeness (QED) is 0.725. The zero-order valence-electron chi connectivity index (χ0n) is 7.40. The van der Waals surface area contributed by atoms with E-state index in [1.54, 1.807) is 14.2 Å². The summed E-state index contributed by atoms with van der Waals surface area (Å²) in [5, 5.41) is 8.52. The predicted octanol–water partition coefficient (Wildman–Crippen LogP) is 0.514. The van der Waals surface area contributed by atoms with Gasteiger partial charge in [-0.1, -0.05) is 0 Å². The Labute approximate surface area is 83.4 Å². The van der Waals surface area contributed by atoms with Crippen LogP contribution in [0.3, 0.4) is 0 Å². The molecular weight excluding hydrogens is 233 g/mol. The molecule has 0 saturated heterocycles. The van der Waals surface area contributed by atoms with Crippen molar-refractivity contribution in [3.05, 3.63) is 18.2 Å². The molecule has 0 N–H and O–H groups in total. The van der Waals surface area contributed by atoms with Crippen LogP contribution in [0.15, 0.2) is 18.2 Å². The minimum absolute atomic E-state index is 0.139. The van der Waals surface area contributed by atoms with Gasteiger partial charge in [-0.05, 0) is 0 Å². The van der Waals surface area contributed by atoms with Gasteiger partial charge in [0.15, 0.2) is 0 Å². The molecule has 1 aromatic carbocycles. The molecule has 0 spiro atoms. The fourth-order valence-electron chi connectivity index (χ4n) is 0.933. The number of methoxy groups -OCH3 is 2. The van der Waals surface area contributed by atoms with Crippen LogP contribution >= 0.6 is 0 Å². The number of nitriles is 1. The Hall–Kier alpha value is -1.17. The van der Waals surface area contributed by atoms with Crippen molar-refractivity contribution < 1.29 is 9.47 Å². The maximum absolute atomic E-state index is 8.52. The van der Waals surface area contributed by atoms with Gasteiger partial charge in [-0.2, -0.15) is 0 Å². The van der Waals surface area contributed by atoms with E-state index in [0.29, 0.717) is 11.5 Å². The van der Waals surface area contributed by atoms with Gasteiger partial charge in [-0.3, -0.25) is 0 Å². The van der Waals surface area contributed by atoms with Gasteiger partial charge in [0.1, 0.15) is 0 Å². The molecule has 0 fully saturated rings. The first-order valence-electron chi connectivity index (χ1n) is 3.59. The molecule has 0 radical (unpaired) electrons. The van der Waals surface area contributed by atoms with Crippen molar-refractivity contribution in [3.63, 3.8) is 0 Å². The Morgan fingerprint density at radius 2 is 1.92 bits per heavy atom. The molecule has 0 aliphatic rings. The van der Waals surface area contributed by atoms with Crippen LogP contribution < -0.4 is 13.9 Å². The summed E-state index contributed by atoms with van der Waals surface area (Å²) in [5.74, 6) is 1.37. The summed E-state index contributed by atoms with van der Waals surface area (Å²) in [5.41, 5.74) is 0. The first-order valence-corrected chi connectivity index (χ1v) is 5.31. The Morgan fingerprint density at radius 1 is 1.23 bits per heavy atom. The summed E-state index contributed by atoms with van der Waals surface area (Å²) in [7, 11) is 3.17. The third kappa shape index (κ3) is 2.38. The van der Waals surface area contributed by atoms with Gasteiger partial charge < -0.3 is 0 Å². The van der Waals surface area contributed by atoms with E-state index in [-0.39, 0.29) is 15.0 Å². The fraction of sp³-hybridized carbons (Fsp3) is 0.222. The Kier molecular flexibility index (Phi) is 3.63. The number of ether oxygens (including phenoxy) is 2. The van der Waals surface area contributed by atoms with Gasteiger partial charge in [0.2, 0.25) is 0 Å². The zero-order valence-corrected chi connectivity index (χ0v) is 9.12. The third-order valence-corrected chi connectivity index (χ3v) is 2.74. The van der Waals surface area contributed by atoms with Gasteiger partial charge in [0, 0.05) is 0 Å². The molecule has 0 aromatic heterocycles. The molecule has 0 aliphatic carbocycles. The molecule has 13 heavy (non-hydrogen) atoms. The molecule has 3 nitrogen and oxygen atoms in total. The second-order valence-corrected chi connectivity index (χ2v) is 4.01. The van der Waals surface area contributed by atoms with Crippen LogP contribution in [0.5, 0.6) is 11.5 Å². The molecule has 0 bridgehead atoms. The molecule has 1 aromatic rings. The van der Waals surface area contributed by atoms with Crippen LogP contribution in [0.2, 0.25) is 0 Å². The number of hydrogen-bond donors (Lipinski definition) is 0. The van der Waals surface area contributed by atoms with E-state index in [0.717, 1.165) is 4.46 Å². The Morgan fingerprint density at radius 3 is 2.46 bits per heavy atom. The van der Waals surface area contributed by atoms with E-state index < -0.39 is 0 Å². The van der Waals surface area contributed by atoms with Crippen LogP contribution in [-0.2, 0) is 0 Å². The second-order valence-electron chi connectivity index (χ2n) is 2.21. The Bertz CT molecular complexity index is 333. The molecule has 0 saturated carbocycles. The summed E-state index contributed by atoms with van der Waals surface area (Å²) < 4.78 is 11.2. The van der Waals surface area contributed by atoms with E-state index in [2.05, 4.69) is 4.97 Å². The number of benzene rings is 1. The van der Waals surface area contributed by atoms with Crippen molar-refractivity contribution in [2.45, 2.75) is 0 Å². The van der Waals surface area contributed by atoms with Gasteiger partial charge in [0.05, 0.1) is 0 Å². The molecule has 68 valence electrons. The zero-order chi connectivity index (χ0) is 9.68. The summed E-state index contributed by atoms with van der Waals surface area (Å²) in [6.45, 7) is 0. The summed E-state index contributed by atoms with van der Waals surface area (Å²) in [6.07, 6.45) is 0.